The van der Waals surface area contributed by atoms with Gasteiger partial charge in [0.1, 0.15) is 5.75 Å². The smallest absolute Gasteiger partial charge is 0.351 e. The minimum Gasteiger partial charge on any atom is -0.480 e. The van der Waals surface area contributed by atoms with E-state index < -0.39 is 11.9 Å². The number of anilines is 1. The van der Waals surface area contributed by atoms with Crippen LogP contribution in [0.25, 0.3) is 10.4 Å². The highest BCUT2D eigenvalue weighted by Gasteiger charge is 2.24. The van der Waals surface area contributed by atoms with Crippen molar-refractivity contribution >= 4 is 29.0 Å². The number of carbonyl (C=O) groups excluding carboxylic acids is 2. The highest BCUT2D eigenvalue weighted by Crippen LogP contribution is 2.42. The third kappa shape index (κ3) is 5.64. The highest BCUT2D eigenvalue weighted by molar-refractivity contribution is 7.18. The van der Waals surface area contributed by atoms with Gasteiger partial charge in [-0.3, -0.25) is 0 Å². The SMILES string of the molecule is CCOC(=O)COc1c(C(=O)OC)sc(-c2cccc(NCc3ccccc3)c2)c1C. The number of nitrogens with one attached hydrogen (secondary N) is 1. The molecule has 7 heteroatoms. The van der Waals surface area contributed by atoms with Gasteiger partial charge in [-0.25, -0.2) is 9.59 Å². The molecule has 0 amide bonds. The molecule has 0 unspecified atom stereocenters. The van der Waals surface area contributed by atoms with Crippen molar-refractivity contribution in [3.05, 3.63) is 70.6 Å². The van der Waals surface area contributed by atoms with Crippen molar-refractivity contribution in [1.29, 1.82) is 0 Å². The molecule has 0 aliphatic rings. The summed E-state index contributed by atoms with van der Waals surface area (Å²) in [7, 11) is 1.32. The molecular formula is C24H25NO5S. The molecule has 6 nitrogen and oxygen atoms in total. The normalized spacial score (nSPS) is 10.4. The Kier molecular flexibility index (Phi) is 7.67. The Balaban J connectivity index is 1.86. The van der Waals surface area contributed by atoms with E-state index in [1.807, 2.05) is 49.4 Å². The molecule has 1 heterocycles. The van der Waals surface area contributed by atoms with Crippen LogP contribution in [0.1, 0.15) is 27.7 Å². The summed E-state index contributed by atoms with van der Waals surface area (Å²) in [6, 6.07) is 18.1. The second-order valence-electron chi connectivity index (χ2n) is 6.72. The van der Waals surface area contributed by atoms with Crippen molar-refractivity contribution in [3.63, 3.8) is 0 Å². The van der Waals surface area contributed by atoms with E-state index in [2.05, 4.69) is 17.4 Å². The Bertz CT molecular complexity index is 1050. The Morgan fingerprint density at radius 2 is 1.84 bits per heavy atom. The molecule has 162 valence electrons. The van der Waals surface area contributed by atoms with Gasteiger partial charge in [-0.15, -0.1) is 11.3 Å². The lowest BCUT2D eigenvalue weighted by molar-refractivity contribution is -0.145. The first-order chi connectivity index (χ1) is 15.0. The van der Waals surface area contributed by atoms with Gasteiger partial charge in [0.2, 0.25) is 0 Å². The van der Waals surface area contributed by atoms with Crippen LogP contribution >= 0.6 is 11.3 Å². The molecule has 1 aromatic heterocycles. The van der Waals surface area contributed by atoms with Crippen molar-refractivity contribution in [2.24, 2.45) is 0 Å². The van der Waals surface area contributed by atoms with Gasteiger partial charge in [-0.1, -0.05) is 42.5 Å². The molecule has 0 atom stereocenters. The number of rotatable bonds is 9. The third-order valence-corrected chi connectivity index (χ3v) is 5.87. The molecule has 0 aliphatic carbocycles. The molecule has 0 saturated heterocycles. The lowest BCUT2D eigenvalue weighted by atomic mass is 10.1. The molecule has 0 fully saturated rings. The Morgan fingerprint density at radius 1 is 1.06 bits per heavy atom. The molecule has 3 rings (SSSR count). The summed E-state index contributed by atoms with van der Waals surface area (Å²) in [6.07, 6.45) is 0. The maximum atomic E-state index is 12.3. The van der Waals surface area contributed by atoms with Gasteiger partial charge in [-0.2, -0.15) is 0 Å². The Morgan fingerprint density at radius 3 is 2.55 bits per heavy atom. The summed E-state index contributed by atoms with van der Waals surface area (Å²) >= 11 is 1.28. The summed E-state index contributed by atoms with van der Waals surface area (Å²) in [6.45, 7) is 4.29. The van der Waals surface area contributed by atoms with Crippen LogP contribution in [-0.2, 0) is 20.8 Å². The number of thiophene rings is 1. The predicted octanol–water partition coefficient (Wildman–Crippen LogP) is 5.06. The standard InChI is InChI=1S/C24H25NO5S/c1-4-29-20(26)15-30-21-16(2)22(31-23(21)24(27)28-3)18-11-8-12-19(13-18)25-14-17-9-6-5-7-10-17/h5-13,25H,4,14-15H2,1-3H3. The largest absolute Gasteiger partial charge is 0.480 e. The number of benzene rings is 2. The average Bonchev–Trinajstić information content (AvgIpc) is 3.13. The van der Waals surface area contributed by atoms with E-state index in [9.17, 15) is 9.59 Å². The molecule has 0 spiro atoms. The van der Waals surface area contributed by atoms with Crippen LogP contribution in [-0.4, -0.2) is 32.3 Å². The van der Waals surface area contributed by atoms with E-state index >= 15 is 0 Å². The van der Waals surface area contributed by atoms with Crippen LogP contribution in [0.4, 0.5) is 5.69 Å². The summed E-state index contributed by atoms with van der Waals surface area (Å²) < 4.78 is 15.5. The highest BCUT2D eigenvalue weighted by atomic mass is 32.1. The third-order valence-electron chi connectivity index (χ3n) is 4.57. The molecule has 2 aromatic carbocycles. The van der Waals surface area contributed by atoms with Crippen molar-refractivity contribution in [3.8, 4) is 16.2 Å². The number of ether oxygens (including phenoxy) is 3. The van der Waals surface area contributed by atoms with E-state index in [1.54, 1.807) is 6.92 Å². The Labute approximate surface area is 185 Å². The Hall–Kier alpha value is -3.32. The summed E-state index contributed by atoms with van der Waals surface area (Å²) in [5.41, 5.74) is 3.86. The second kappa shape index (κ2) is 10.6. The topological polar surface area (TPSA) is 73.9 Å². The molecule has 31 heavy (non-hydrogen) atoms. The molecular weight excluding hydrogens is 414 g/mol. The van der Waals surface area contributed by atoms with Crippen molar-refractivity contribution in [2.45, 2.75) is 20.4 Å². The van der Waals surface area contributed by atoms with Gasteiger partial charge in [-0.05, 0) is 37.1 Å². The summed E-state index contributed by atoms with van der Waals surface area (Å²) in [5.74, 6) is -0.642. The number of esters is 2. The van der Waals surface area contributed by atoms with Gasteiger partial charge >= 0.3 is 11.9 Å². The van der Waals surface area contributed by atoms with Crippen LogP contribution < -0.4 is 10.1 Å². The fourth-order valence-electron chi connectivity index (χ4n) is 3.08. The summed E-state index contributed by atoms with van der Waals surface area (Å²) in [5, 5.41) is 3.42. The summed E-state index contributed by atoms with van der Waals surface area (Å²) in [4.78, 5) is 25.2. The first-order valence-electron chi connectivity index (χ1n) is 9.91. The van der Waals surface area contributed by atoms with Gasteiger partial charge in [0.15, 0.2) is 11.5 Å². The maximum absolute atomic E-state index is 12.3. The van der Waals surface area contributed by atoms with E-state index in [4.69, 9.17) is 14.2 Å². The second-order valence-corrected chi connectivity index (χ2v) is 7.74. The van der Waals surface area contributed by atoms with Crippen LogP contribution in [0.2, 0.25) is 0 Å². The average molecular weight is 440 g/mol. The maximum Gasteiger partial charge on any atom is 0.351 e. The molecule has 0 radical (unpaired) electrons. The minimum atomic E-state index is -0.503. The molecule has 0 bridgehead atoms. The van der Waals surface area contributed by atoms with Crippen LogP contribution in [0.3, 0.4) is 0 Å². The zero-order valence-corrected chi connectivity index (χ0v) is 18.6. The first kappa shape index (κ1) is 22.4. The predicted molar refractivity (Wildman–Crippen MR) is 122 cm³/mol. The monoisotopic (exact) mass is 439 g/mol. The number of carbonyl (C=O) groups is 2. The van der Waals surface area contributed by atoms with Gasteiger partial charge in [0.25, 0.3) is 0 Å². The zero-order chi connectivity index (χ0) is 22.2. The lowest BCUT2D eigenvalue weighted by Gasteiger charge is -2.09. The molecule has 0 aliphatic heterocycles. The minimum absolute atomic E-state index is 0.267. The lowest BCUT2D eigenvalue weighted by Crippen LogP contribution is -2.15. The number of hydrogen-bond acceptors (Lipinski definition) is 7. The molecule has 1 N–H and O–H groups in total. The van der Waals surface area contributed by atoms with E-state index in [0.29, 0.717) is 17.2 Å². The van der Waals surface area contributed by atoms with Crippen LogP contribution in [0.15, 0.2) is 54.6 Å². The van der Waals surface area contributed by atoms with Crippen molar-refractivity contribution in [1.82, 2.24) is 0 Å². The fourth-order valence-corrected chi connectivity index (χ4v) is 4.24. The van der Waals surface area contributed by atoms with Crippen molar-refractivity contribution < 1.29 is 23.8 Å². The number of hydrogen-bond donors (Lipinski definition) is 1. The van der Waals surface area contributed by atoms with E-state index in [0.717, 1.165) is 21.7 Å². The quantitative estimate of drug-likeness (QED) is 0.470. The van der Waals surface area contributed by atoms with Gasteiger partial charge in [0, 0.05) is 22.7 Å². The molecule has 3 aromatic rings. The zero-order valence-electron chi connectivity index (χ0n) is 17.8. The van der Waals surface area contributed by atoms with Crippen LogP contribution in [0, 0.1) is 6.92 Å². The first-order valence-corrected chi connectivity index (χ1v) is 10.7. The van der Waals surface area contributed by atoms with Crippen molar-refractivity contribution in [2.75, 3.05) is 25.6 Å². The fraction of sp³-hybridized carbons (Fsp3) is 0.250. The number of methoxy groups -OCH3 is 1. The van der Waals surface area contributed by atoms with Crippen LogP contribution in [0.5, 0.6) is 5.75 Å². The van der Waals surface area contributed by atoms with E-state index in [-0.39, 0.29) is 13.2 Å². The van der Waals surface area contributed by atoms with Gasteiger partial charge in [0.05, 0.1) is 13.7 Å². The molecule has 0 saturated carbocycles. The van der Waals surface area contributed by atoms with E-state index in [1.165, 1.54) is 24.0 Å². The van der Waals surface area contributed by atoms with Gasteiger partial charge < -0.3 is 19.5 Å².